The number of hydrogen-bond acceptors (Lipinski definition) is 2. The van der Waals surface area contributed by atoms with Gasteiger partial charge in [-0.25, -0.2) is 8.42 Å². The van der Waals surface area contributed by atoms with Gasteiger partial charge in [0.05, 0.1) is 10.0 Å². The predicted octanol–water partition coefficient (Wildman–Crippen LogP) is 5.26. The summed E-state index contributed by atoms with van der Waals surface area (Å²) in [5, 5.41) is 0. The summed E-state index contributed by atoms with van der Waals surface area (Å²) in [5.74, 6) is 1.38. The van der Waals surface area contributed by atoms with E-state index in [9.17, 15) is 8.42 Å². The van der Waals surface area contributed by atoms with E-state index in [1.54, 1.807) is 0 Å². The molecule has 0 aromatic heterocycles. The van der Waals surface area contributed by atoms with Gasteiger partial charge in [-0.15, -0.1) is 6.04 Å². The molecule has 4 nitrogen and oxygen atoms in total. The van der Waals surface area contributed by atoms with Crippen LogP contribution in [0.1, 0.15) is 58.8 Å². The molecule has 2 aliphatic rings. The van der Waals surface area contributed by atoms with Crippen LogP contribution >= 0.6 is 9.69 Å². The third-order valence-corrected chi connectivity index (χ3v) is 6.61. The average Bonchev–Trinajstić information content (AvgIpc) is 2.48. The molecule has 1 N–H and O–H groups in total. The molecule has 0 aromatic rings. The van der Waals surface area contributed by atoms with Crippen molar-refractivity contribution in [3.8, 4) is 0 Å². The Morgan fingerprint density at radius 3 is 2.09 bits per heavy atom. The van der Waals surface area contributed by atoms with Crippen molar-refractivity contribution in [2.24, 2.45) is 17.8 Å². The van der Waals surface area contributed by atoms with Gasteiger partial charge in [-0.2, -0.15) is 6.04 Å². The Hall–Kier alpha value is 0.783. The van der Waals surface area contributed by atoms with Crippen LogP contribution in [0.2, 0.25) is 0 Å². The van der Waals surface area contributed by atoms with Gasteiger partial charge < -0.3 is 17.9 Å². The molecule has 7 heteroatoms. The second-order valence-electron chi connectivity index (χ2n) is 6.86. The number of rotatable bonds is 4. The molecule has 138 valence electrons. The zero-order valence-electron chi connectivity index (χ0n) is 14.4. The first-order valence-electron chi connectivity index (χ1n) is 8.18. The first kappa shape index (κ1) is 23.8. The topological polar surface area (TPSA) is 72.0 Å². The molecule has 23 heavy (non-hydrogen) atoms. The van der Waals surface area contributed by atoms with Gasteiger partial charge >= 0.3 is 27.0 Å². The minimum absolute atomic E-state index is 0. The molecule has 2 rings (SSSR count). The minimum atomic E-state index is -3.37. The number of sulfonamides is 1. The van der Waals surface area contributed by atoms with Crippen LogP contribution in [0.4, 0.5) is 0 Å². The average molecular weight is 452 g/mol. The second kappa shape index (κ2) is 11.4. The van der Waals surface area contributed by atoms with E-state index < -0.39 is 10.0 Å². The van der Waals surface area contributed by atoms with Crippen LogP contribution < -0.4 is 0 Å². The van der Waals surface area contributed by atoms with E-state index in [4.69, 9.17) is 5.73 Å². The molecule has 0 spiro atoms. The Bertz CT molecular complexity index is 412. The van der Waals surface area contributed by atoms with Gasteiger partial charge in [-0.05, 0) is 17.8 Å². The fraction of sp³-hybridized carbons (Fsp3) is 0.938. The van der Waals surface area contributed by atoms with E-state index in [0.717, 1.165) is 38.5 Å². The van der Waals surface area contributed by atoms with E-state index in [1.807, 2.05) is 17.3 Å². The zero-order valence-corrected chi connectivity index (χ0v) is 17.8. The Labute approximate surface area is 157 Å². The summed E-state index contributed by atoms with van der Waals surface area (Å²) < 4.78 is 28.8. The van der Waals surface area contributed by atoms with Crippen LogP contribution in [-0.2, 0) is 27.3 Å². The maximum atomic E-state index is 12.4. The van der Waals surface area contributed by atoms with E-state index in [0.29, 0.717) is 11.8 Å². The summed E-state index contributed by atoms with van der Waals surface area (Å²) in [7, 11) is 1.19. The van der Waals surface area contributed by atoms with Crippen LogP contribution in [0, 0.1) is 25.2 Å². The molecule has 0 aliphatic heterocycles. The zero-order chi connectivity index (χ0) is 16.8. The molecule has 4 atom stereocenters. The molecule has 2 fully saturated rings. The van der Waals surface area contributed by atoms with Gasteiger partial charge in [-0.1, -0.05) is 58.8 Å². The summed E-state index contributed by atoms with van der Waals surface area (Å²) in [4.78, 5) is 0. The van der Waals surface area contributed by atoms with Crippen molar-refractivity contribution in [1.29, 1.82) is 0 Å². The third kappa shape index (κ3) is 7.69. The van der Waals surface area contributed by atoms with Crippen molar-refractivity contribution < 1.29 is 25.7 Å². The number of nitrogens with zero attached hydrogens (tertiary/aromatic N) is 1. The number of halogens is 1. The molecular weight excluding hydrogens is 421 g/mol. The Balaban J connectivity index is 0.00000155. The van der Waals surface area contributed by atoms with E-state index >= 15 is 0 Å². The van der Waals surface area contributed by atoms with Gasteiger partial charge in [0.2, 0.25) is 0 Å². The van der Waals surface area contributed by atoms with Gasteiger partial charge in [0.25, 0.3) is 0 Å². The molecule has 2 aliphatic carbocycles. The van der Waals surface area contributed by atoms with Gasteiger partial charge in [0, 0.05) is 5.75 Å². The van der Waals surface area contributed by atoms with Gasteiger partial charge in [0.15, 0.2) is 0 Å². The molecule has 0 saturated heterocycles. The van der Waals surface area contributed by atoms with Crippen molar-refractivity contribution in [1.82, 2.24) is 0 Å². The fourth-order valence-electron chi connectivity index (χ4n) is 3.81. The number of hydrogen-bond donors (Lipinski definition) is 0. The van der Waals surface area contributed by atoms with Crippen molar-refractivity contribution in [3.05, 3.63) is 17.9 Å². The quantitative estimate of drug-likeness (QED) is 0.431. The molecule has 0 heterocycles. The summed E-state index contributed by atoms with van der Waals surface area (Å²) in [6.45, 7) is 4.34. The normalized spacial score (nSPS) is 34.7. The van der Waals surface area contributed by atoms with E-state index in [1.165, 1.54) is 6.42 Å². The van der Waals surface area contributed by atoms with E-state index in [-0.39, 0.29) is 31.2 Å². The van der Waals surface area contributed by atoms with Crippen LogP contribution in [0.15, 0.2) is 0 Å². The molecule has 4 unspecified atom stereocenters. The Morgan fingerprint density at radius 1 is 1.04 bits per heavy atom. The predicted molar refractivity (Wildman–Crippen MR) is 95.4 cm³/mol. The van der Waals surface area contributed by atoms with Crippen molar-refractivity contribution in [3.63, 3.8) is 0 Å². The first-order chi connectivity index (χ1) is 10.4. The molecule has 2 saturated carbocycles. The number of nitrogens with one attached hydrogen (secondary N) is 1. The molecule has 0 radical (unpaired) electrons. The van der Waals surface area contributed by atoms with Crippen LogP contribution in [0.25, 0.3) is 10.5 Å². The van der Waals surface area contributed by atoms with Gasteiger partial charge in [-0.3, -0.25) is 0 Å². The molecule has 0 aromatic carbocycles. The van der Waals surface area contributed by atoms with Crippen LogP contribution in [-0.4, -0.2) is 26.3 Å². The summed E-state index contributed by atoms with van der Waals surface area (Å²) in [6.07, 6.45) is 7.09. The van der Waals surface area contributed by atoms with Crippen LogP contribution in [0.3, 0.4) is 0 Å². The molecule has 0 amide bonds. The van der Waals surface area contributed by atoms with Crippen molar-refractivity contribution in [2.75, 3.05) is 5.75 Å². The maximum absolute atomic E-state index is 12.4. The standard InChI is InChI=1S/C15H28N2O2S.CH3.ClH.Ru/c1-11-6-5-7-12(2)13(11)10-20(18,19)17-15-9-4-3-8-14(15)16;;;/h11-16H,3-10H2,1-2H3;1H3;1H;/q-2;-1;;+4/p-1. The second-order valence-corrected chi connectivity index (χ2v) is 8.57. The SMILES string of the molecule is CC1CCCC(C)C1CS(=O)(=O)[N-]C1CCCCC1[NH-].[CH3-].[Cl][Ru+3]. The third-order valence-electron chi connectivity index (χ3n) is 5.21. The first-order valence-corrected chi connectivity index (χ1v) is 12.0. The summed E-state index contributed by atoms with van der Waals surface area (Å²) in [6, 6.07) is -0.609. The summed E-state index contributed by atoms with van der Waals surface area (Å²) >= 11 is 1.82. The van der Waals surface area contributed by atoms with Crippen LogP contribution in [0.5, 0.6) is 0 Å². The Kier molecular flexibility index (Phi) is 11.8. The van der Waals surface area contributed by atoms with Crippen molar-refractivity contribution in [2.45, 2.75) is 70.9 Å². The summed E-state index contributed by atoms with van der Waals surface area (Å²) in [5.41, 5.74) is 7.95. The molecule has 0 bridgehead atoms. The fourth-order valence-corrected chi connectivity index (χ4v) is 5.70. The van der Waals surface area contributed by atoms with E-state index in [2.05, 4.69) is 28.3 Å². The van der Waals surface area contributed by atoms with Gasteiger partial charge in [0.1, 0.15) is 0 Å². The Morgan fingerprint density at radius 2 is 1.57 bits per heavy atom. The monoisotopic (exact) mass is 452 g/mol. The molecular formula is C16H31ClN2O2RuS. The van der Waals surface area contributed by atoms with Crippen molar-refractivity contribution >= 4 is 19.7 Å².